The molecule has 19 heavy (non-hydrogen) atoms. The Morgan fingerprint density at radius 1 is 1.42 bits per heavy atom. The van der Waals surface area contributed by atoms with Gasteiger partial charge < -0.3 is 15.2 Å². The van der Waals surface area contributed by atoms with Gasteiger partial charge in [-0.05, 0) is 12.8 Å². The van der Waals surface area contributed by atoms with Gasteiger partial charge in [-0.15, -0.1) is 0 Å². The number of non-ortho nitro benzene ring substituents is 1. The van der Waals surface area contributed by atoms with Crippen LogP contribution in [0.15, 0.2) is 18.2 Å². The molecule has 1 aromatic carbocycles. The molecule has 0 atom stereocenters. The van der Waals surface area contributed by atoms with Crippen LogP contribution in [0, 0.1) is 10.1 Å². The number of hydrogen-bond donors (Lipinski definition) is 2. The molecule has 104 valence electrons. The molecule has 1 fully saturated rings. The van der Waals surface area contributed by atoms with Gasteiger partial charge in [0.05, 0.1) is 30.2 Å². The van der Waals surface area contributed by atoms with E-state index in [9.17, 15) is 15.2 Å². The van der Waals surface area contributed by atoms with E-state index in [0.717, 1.165) is 25.7 Å². The number of benzene rings is 1. The molecule has 2 N–H and O–H groups in total. The Kier molecular flexibility index (Phi) is 3.90. The highest BCUT2D eigenvalue weighted by Crippen LogP contribution is 2.35. The first-order valence-corrected chi connectivity index (χ1v) is 6.31. The van der Waals surface area contributed by atoms with Gasteiger partial charge in [0, 0.05) is 17.8 Å². The number of aliphatic hydroxyl groups is 1. The maximum atomic E-state index is 10.9. The molecule has 6 heteroatoms. The average Bonchev–Trinajstić information content (AvgIpc) is 2.87. The number of ether oxygens (including phenoxy) is 1. The zero-order valence-corrected chi connectivity index (χ0v) is 10.9. The summed E-state index contributed by atoms with van der Waals surface area (Å²) in [7, 11) is 1.47. The number of rotatable bonds is 5. The number of aliphatic hydroxyl groups excluding tert-OH is 1. The lowest BCUT2D eigenvalue weighted by atomic mass is 9.98. The van der Waals surface area contributed by atoms with Crippen LogP contribution in [0.4, 0.5) is 11.4 Å². The summed E-state index contributed by atoms with van der Waals surface area (Å²) in [5, 5.41) is 23.7. The van der Waals surface area contributed by atoms with Crippen molar-refractivity contribution >= 4 is 11.4 Å². The first-order valence-electron chi connectivity index (χ1n) is 6.31. The van der Waals surface area contributed by atoms with E-state index in [1.54, 1.807) is 6.07 Å². The zero-order valence-electron chi connectivity index (χ0n) is 10.9. The van der Waals surface area contributed by atoms with Crippen molar-refractivity contribution in [3.05, 3.63) is 28.3 Å². The molecule has 1 saturated carbocycles. The lowest BCUT2D eigenvalue weighted by molar-refractivity contribution is -0.384. The summed E-state index contributed by atoms with van der Waals surface area (Å²) in [6.07, 6.45) is 3.85. The molecule has 0 heterocycles. The minimum atomic E-state index is -0.450. The fourth-order valence-electron chi connectivity index (χ4n) is 2.56. The molecule has 2 rings (SSSR count). The van der Waals surface area contributed by atoms with Crippen LogP contribution in [0.5, 0.6) is 5.75 Å². The van der Waals surface area contributed by atoms with Crippen LogP contribution in [0.3, 0.4) is 0 Å². The Balaban J connectivity index is 2.28. The first kappa shape index (κ1) is 13.6. The van der Waals surface area contributed by atoms with E-state index in [1.807, 2.05) is 0 Å². The zero-order chi connectivity index (χ0) is 13.9. The molecule has 0 amide bonds. The highest BCUT2D eigenvalue weighted by molar-refractivity contribution is 5.57. The maximum absolute atomic E-state index is 10.9. The molecule has 0 spiro atoms. The maximum Gasteiger partial charge on any atom is 0.275 e. The molecule has 0 aromatic heterocycles. The summed E-state index contributed by atoms with van der Waals surface area (Å²) >= 11 is 0. The Hall–Kier alpha value is -1.82. The van der Waals surface area contributed by atoms with Crippen LogP contribution in [-0.2, 0) is 0 Å². The molecular weight excluding hydrogens is 248 g/mol. The van der Waals surface area contributed by atoms with Crippen LogP contribution in [0.25, 0.3) is 0 Å². The topological polar surface area (TPSA) is 84.6 Å². The highest BCUT2D eigenvalue weighted by Gasteiger charge is 2.33. The van der Waals surface area contributed by atoms with Gasteiger partial charge in [-0.3, -0.25) is 10.1 Å². The number of hydrogen-bond acceptors (Lipinski definition) is 5. The van der Waals surface area contributed by atoms with Gasteiger partial charge in [0.1, 0.15) is 5.75 Å². The largest absolute Gasteiger partial charge is 0.496 e. The molecule has 0 radical (unpaired) electrons. The molecule has 6 nitrogen and oxygen atoms in total. The van der Waals surface area contributed by atoms with Gasteiger partial charge >= 0.3 is 0 Å². The van der Waals surface area contributed by atoms with Gasteiger partial charge in [0.25, 0.3) is 5.69 Å². The van der Waals surface area contributed by atoms with Crippen LogP contribution >= 0.6 is 0 Å². The number of nitro groups is 1. The number of nitro benzene ring substituents is 1. The SMILES string of the molecule is COc1cc(NC2(CO)CCCC2)cc([N+](=O)[O-])c1. The van der Waals surface area contributed by atoms with Crippen molar-refractivity contribution in [1.82, 2.24) is 0 Å². The lowest BCUT2D eigenvalue weighted by Gasteiger charge is -2.29. The summed E-state index contributed by atoms with van der Waals surface area (Å²) in [6.45, 7) is 0.0258. The van der Waals surface area contributed by atoms with E-state index in [4.69, 9.17) is 4.74 Å². The van der Waals surface area contributed by atoms with Crippen molar-refractivity contribution in [1.29, 1.82) is 0 Å². The molecule has 1 aliphatic carbocycles. The minimum Gasteiger partial charge on any atom is -0.496 e. The standard InChI is InChI=1S/C13H18N2O4/c1-19-12-7-10(6-11(8-12)15(17)18)14-13(9-16)4-2-3-5-13/h6-8,14,16H,2-5,9H2,1H3. The van der Waals surface area contributed by atoms with Crippen LogP contribution in [0.1, 0.15) is 25.7 Å². The van der Waals surface area contributed by atoms with Crippen molar-refractivity contribution in [2.75, 3.05) is 19.0 Å². The predicted molar refractivity (Wildman–Crippen MR) is 71.6 cm³/mol. The third-order valence-corrected chi connectivity index (χ3v) is 3.61. The predicted octanol–water partition coefficient (Wildman–Crippen LogP) is 2.32. The highest BCUT2D eigenvalue weighted by atomic mass is 16.6. The molecule has 0 unspecified atom stereocenters. The third-order valence-electron chi connectivity index (χ3n) is 3.61. The summed E-state index contributed by atoms with van der Waals surface area (Å²) in [6, 6.07) is 4.56. The van der Waals surface area contributed by atoms with Crippen LogP contribution in [-0.4, -0.2) is 29.3 Å². The van der Waals surface area contributed by atoms with Crippen molar-refractivity contribution in [2.45, 2.75) is 31.2 Å². The molecule has 1 aliphatic rings. The summed E-state index contributed by atoms with van der Waals surface area (Å²) in [4.78, 5) is 10.4. The second kappa shape index (κ2) is 5.44. The fraction of sp³-hybridized carbons (Fsp3) is 0.538. The van der Waals surface area contributed by atoms with Gasteiger partial charge in [-0.1, -0.05) is 12.8 Å². The summed E-state index contributed by atoms with van der Waals surface area (Å²) in [5.74, 6) is 0.433. The second-order valence-electron chi connectivity index (χ2n) is 4.95. The number of methoxy groups -OCH3 is 1. The van der Waals surface area contributed by atoms with Gasteiger partial charge in [-0.25, -0.2) is 0 Å². The molecule has 0 aliphatic heterocycles. The minimum absolute atomic E-state index is 0.0204. The second-order valence-corrected chi connectivity index (χ2v) is 4.95. The quantitative estimate of drug-likeness (QED) is 0.631. The van der Waals surface area contributed by atoms with Crippen molar-refractivity contribution < 1.29 is 14.8 Å². The van der Waals surface area contributed by atoms with Crippen LogP contribution in [0.2, 0.25) is 0 Å². The monoisotopic (exact) mass is 266 g/mol. The van der Waals surface area contributed by atoms with Crippen molar-refractivity contribution in [2.24, 2.45) is 0 Å². The Bertz CT molecular complexity index is 470. The summed E-state index contributed by atoms with van der Waals surface area (Å²) < 4.78 is 5.07. The molecule has 0 saturated heterocycles. The van der Waals surface area contributed by atoms with E-state index in [1.165, 1.54) is 19.2 Å². The van der Waals surface area contributed by atoms with Crippen molar-refractivity contribution in [3.8, 4) is 5.75 Å². The van der Waals surface area contributed by atoms with Gasteiger partial charge in [-0.2, -0.15) is 0 Å². The Morgan fingerprint density at radius 3 is 2.63 bits per heavy atom. The van der Waals surface area contributed by atoms with E-state index < -0.39 is 4.92 Å². The number of anilines is 1. The van der Waals surface area contributed by atoms with Crippen molar-refractivity contribution in [3.63, 3.8) is 0 Å². The molecular formula is C13H18N2O4. The number of nitrogens with one attached hydrogen (secondary N) is 1. The molecule has 1 aromatic rings. The molecule has 0 bridgehead atoms. The van der Waals surface area contributed by atoms with Gasteiger partial charge in [0.2, 0.25) is 0 Å². The van der Waals surface area contributed by atoms with Gasteiger partial charge in [0.15, 0.2) is 0 Å². The van der Waals surface area contributed by atoms with E-state index >= 15 is 0 Å². The Labute approximate surface area is 111 Å². The Morgan fingerprint density at radius 2 is 2.11 bits per heavy atom. The number of nitrogens with zero attached hydrogens (tertiary/aromatic N) is 1. The normalized spacial score (nSPS) is 17.2. The van der Waals surface area contributed by atoms with Crippen LogP contribution < -0.4 is 10.1 Å². The van der Waals surface area contributed by atoms with E-state index in [2.05, 4.69) is 5.32 Å². The summed E-state index contributed by atoms with van der Waals surface area (Å²) in [5.41, 5.74) is 0.232. The van der Waals surface area contributed by atoms with E-state index in [-0.39, 0.29) is 17.8 Å². The van der Waals surface area contributed by atoms with E-state index in [0.29, 0.717) is 11.4 Å². The average molecular weight is 266 g/mol. The first-order chi connectivity index (χ1) is 9.08. The smallest absolute Gasteiger partial charge is 0.275 e. The fourth-order valence-corrected chi connectivity index (χ4v) is 2.56. The third kappa shape index (κ3) is 2.96. The lowest BCUT2D eigenvalue weighted by Crippen LogP contribution is -2.38.